The third kappa shape index (κ3) is 3.66. The molecule has 1 aliphatic rings. The fraction of sp³-hybridized carbons (Fsp3) is 0.562. The Bertz CT molecular complexity index is 470. The number of alkyl carbamates (subject to hydrolysis) is 1. The Balaban J connectivity index is 2.18. The molecule has 0 heterocycles. The minimum absolute atomic E-state index is 0.313. The molecule has 1 saturated carbocycles. The number of carbonyl (C=O) groups excluding carboxylic acids is 1. The molecular weight excluding hydrogens is 274 g/mol. The molecule has 4 heteroatoms. The summed E-state index contributed by atoms with van der Waals surface area (Å²) in [6.45, 7) is 5.61. The van der Waals surface area contributed by atoms with Gasteiger partial charge in [0.15, 0.2) is 0 Å². The van der Waals surface area contributed by atoms with E-state index in [1.54, 1.807) is 0 Å². The number of benzene rings is 1. The first-order valence-electron chi connectivity index (χ1n) is 7.08. The highest BCUT2D eigenvalue weighted by Crippen LogP contribution is 2.39. The van der Waals surface area contributed by atoms with E-state index in [-0.39, 0.29) is 11.6 Å². The maximum Gasteiger partial charge on any atom is 0.408 e. The lowest BCUT2D eigenvalue weighted by atomic mass is 9.88. The van der Waals surface area contributed by atoms with E-state index >= 15 is 0 Å². The van der Waals surface area contributed by atoms with Gasteiger partial charge in [-0.25, -0.2) is 4.79 Å². The van der Waals surface area contributed by atoms with Gasteiger partial charge in [-0.05, 0) is 51.3 Å². The molecule has 2 rings (SSSR count). The van der Waals surface area contributed by atoms with Crippen molar-refractivity contribution in [3.05, 3.63) is 34.9 Å². The quantitative estimate of drug-likeness (QED) is 0.863. The van der Waals surface area contributed by atoms with Crippen LogP contribution in [0.15, 0.2) is 24.3 Å². The van der Waals surface area contributed by atoms with Gasteiger partial charge >= 0.3 is 6.09 Å². The summed E-state index contributed by atoms with van der Waals surface area (Å²) in [5.41, 5.74) is 0.307. The van der Waals surface area contributed by atoms with Gasteiger partial charge in [0, 0.05) is 5.02 Å². The molecule has 0 bridgehead atoms. The van der Waals surface area contributed by atoms with Crippen molar-refractivity contribution in [2.24, 2.45) is 0 Å². The molecule has 0 aliphatic heterocycles. The molecule has 1 N–H and O–H groups in total. The standard InChI is InChI=1S/C16H22ClNO2/c1-15(2,3)20-14(19)18-16(10-4-5-11-16)12-6-8-13(17)9-7-12/h6-9H,4-5,10-11H2,1-3H3,(H,18,19). The van der Waals surface area contributed by atoms with Crippen LogP contribution in [0.3, 0.4) is 0 Å². The van der Waals surface area contributed by atoms with Crippen molar-refractivity contribution in [3.63, 3.8) is 0 Å². The van der Waals surface area contributed by atoms with E-state index in [2.05, 4.69) is 5.32 Å². The summed E-state index contributed by atoms with van der Waals surface area (Å²) in [7, 11) is 0. The second-order valence-electron chi connectivity index (χ2n) is 6.42. The predicted octanol–water partition coefficient (Wildman–Crippen LogP) is 4.63. The average molecular weight is 296 g/mol. The Morgan fingerprint density at radius 3 is 2.25 bits per heavy atom. The first-order valence-corrected chi connectivity index (χ1v) is 7.46. The number of hydrogen-bond acceptors (Lipinski definition) is 2. The molecule has 1 amide bonds. The van der Waals surface area contributed by atoms with Crippen LogP contribution >= 0.6 is 11.6 Å². The zero-order valence-corrected chi connectivity index (χ0v) is 13.1. The molecule has 3 nitrogen and oxygen atoms in total. The van der Waals surface area contributed by atoms with Crippen LogP contribution in [0, 0.1) is 0 Å². The van der Waals surface area contributed by atoms with Crippen LogP contribution in [0.4, 0.5) is 4.79 Å². The molecule has 0 aromatic heterocycles. The van der Waals surface area contributed by atoms with Crippen molar-refractivity contribution < 1.29 is 9.53 Å². The second-order valence-corrected chi connectivity index (χ2v) is 6.86. The molecule has 1 aromatic rings. The summed E-state index contributed by atoms with van der Waals surface area (Å²) in [6, 6.07) is 7.72. The van der Waals surface area contributed by atoms with Gasteiger partial charge < -0.3 is 10.1 Å². The molecule has 0 spiro atoms. The molecule has 0 radical (unpaired) electrons. The highest BCUT2D eigenvalue weighted by molar-refractivity contribution is 6.30. The Labute approximate surface area is 125 Å². The van der Waals surface area contributed by atoms with E-state index in [1.165, 1.54) is 0 Å². The third-order valence-corrected chi connectivity index (χ3v) is 3.85. The topological polar surface area (TPSA) is 38.3 Å². The fourth-order valence-corrected chi connectivity index (χ4v) is 2.86. The average Bonchev–Trinajstić information content (AvgIpc) is 2.76. The van der Waals surface area contributed by atoms with Gasteiger partial charge in [-0.3, -0.25) is 0 Å². The number of rotatable bonds is 2. The van der Waals surface area contributed by atoms with Crippen molar-refractivity contribution in [2.75, 3.05) is 0 Å². The molecule has 0 unspecified atom stereocenters. The van der Waals surface area contributed by atoms with E-state index in [1.807, 2.05) is 45.0 Å². The van der Waals surface area contributed by atoms with Crippen molar-refractivity contribution >= 4 is 17.7 Å². The van der Waals surface area contributed by atoms with Crippen molar-refractivity contribution in [1.82, 2.24) is 5.32 Å². The van der Waals surface area contributed by atoms with Crippen molar-refractivity contribution in [2.45, 2.75) is 57.6 Å². The van der Waals surface area contributed by atoms with E-state index in [9.17, 15) is 4.79 Å². The largest absolute Gasteiger partial charge is 0.444 e. The van der Waals surface area contributed by atoms with Crippen LogP contribution in [-0.2, 0) is 10.3 Å². The molecule has 0 atom stereocenters. The lowest BCUT2D eigenvalue weighted by molar-refractivity contribution is 0.0453. The van der Waals surface area contributed by atoms with Crippen LogP contribution in [0.5, 0.6) is 0 Å². The normalized spacial score (nSPS) is 17.8. The fourth-order valence-electron chi connectivity index (χ4n) is 2.73. The van der Waals surface area contributed by atoms with E-state index in [0.29, 0.717) is 5.02 Å². The van der Waals surface area contributed by atoms with Crippen molar-refractivity contribution in [3.8, 4) is 0 Å². The summed E-state index contributed by atoms with van der Waals surface area (Å²) in [5, 5.41) is 3.79. The number of ether oxygens (including phenoxy) is 1. The zero-order valence-electron chi connectivity index (χ0n) is 12.3. The second kappa shape index (κ2) is 5.65. The lowest BCUT2D eigenvalue weighted by Gasteiger charge is -2.32. The Hall–Kier alpha value is -1.22. The lowest BCUT2D eigenvalue weighted by Crippen LogP contribution is -2.46. The molecule has 1 aliphatic carbocycles. The molecule has 20 heavy (non-hydrogen) atoms. The van der Waals surface area contributed by atoms with E-state index < -0.39 is 5.60 Å². The van der Waals surface area contributed by atoms with Gasteiger partial charge in [0.1, 0.15) is 5.60 Å². The van der Waals surface area contributed by atoms with Crippen LogP contribution < -0.4 is 5.32 Å². The minimum atomic E-state index is -0.482. The summed E-state index contributed by atoms with van der Waals surface area (Å²) < 4.78 is 5.39. The number of carbonyl (C=O) groups is 1. The molecular formula is C16H22ClNO2. The molecule has 1 aromatic carbocycles. The molecule has 110 valence electrons. The summed E-state index contributed by atoms with van der Waals surface area (Å²) in [4.78, 5) is 12.1. The van der Waals surface area contributed by atoms with Crippen LogP contribution in [0.25, 0.3) is 0 Å². The van der Waals surface area contributed by atoms with Gasteiger partial charge in [0.05, 0.1) is 5.54 Å². The Kier molecular flexibility index (Phi) is 4.28. The molecule has 1 fully saturated rings. The van der Waals surface area contributed by atoms with Gasteiger partial charge in [-0.15, -0.1) is 0 Å². The predicted molar refractivity (Wildman–Crippen MR) is 81.0 cm³/mol. The Morgan fingerprint density at radius 1 is 1.20 bits per heavy atom. The van der Waals surface area contributed by atoms with Crippen molar-refractivity contribution in [1.29, 1.82) is 0 Å². The maximum absolute atomic E-state index is 12.1. The first kappa shape index (κ1) is 15.2. The summed E-state index contributed by atoms with van der Waals surface area (Å²) in [5.74, 6) is 0. The van der Waals surface area contributed by atoms with Crippen LogP contribution in [0.1, 0.15) is 52.0 Å². The highest BCUT2D eigenvalue weighted by atomic mass is 35.5. The van der Waals surface area contributed by atoms with Gasteiger partial charge in [-0.2, -0.15) is 0 Å². The van der Waals surface area contributed by atoms with Gasteiger partial charge in [0.2, 0.25) is 0 Å². The van der Waals surface area contributed by atoms with Gasteiger partial charge in [-0.1, -0.05) is 36.6 Å². The maximum atomic E-state index is 12.1. The van der Waals surface area contributed by atoms with E-state index in [0.717, 1.165) is 31.2 Å². The summed E-state index contributed by atoms with van der Waals surface area (Å²) >= 11 is 5.94. The zero-order chi connectivity index (χ0) is 14.8. The Morgan fingerprint density at radius 2 is 1.75 bits per heavy atom. The molecule has 0 saturated heterocycles. The van der Waals surface area contributed by atoms with E-state index in [4.69, 9.17) is 16.3 Å². The number of hydrogen-bond donors (Lipinski definition) is 1. The SMILES string of the molecule is CC(C)(C)OC(=O)NC1(c2ccc(Cl)cc2)CCCC1. The minimum Gasteiger partial charge on any atom is -0.444 e. The first-order chi connectivity index (χ1) is 9.31. The third-order valence-electron chi connectivity index (χ3n) is 3.59. The summed E-state index contributed by atoms with van der Waals surface area (Å²) in [6.07, 6.45) is 3.74. The highest BCUT2D eigenvalue weighted by Gasteiger charge is 2.38. The monoisotopic (exact) mass is 295 g/mol. The van der Waals surface area contributed by atoms with Crippen LogP contribution in [-0.4, -0.2) is 11.7 Å². The van der Waals surface area contributed by atoms with Crippen LogP contribution in [0.2, 0.25) is 5.02 Å². The number of amides is 1. The smallest absolute Gasteiger partial charge is 0.408 e. The van der Waals surface area contributed by atoms with Gasteiger partial charge in [0.25, 0.3) is 0 Å². The number of nitrogens with one attached hydrogen (secondary N) is 1. The number of halogens is 1.